The van der Waals surface area contributed by atoms with Crippen LogP contribution in [0.3, 0.4) is 0 Å². The number of piperidine rings is 1. The minimum atomic E-state index is -0.738. The predicted molar refractivity (Wildman–Crippen MR) is 134 cm³/mol. The summed E-state index contributed by atoms with van der Waals surface area (Å²) < 4.78 is 13.2. The van der Waals surface area contributed by atoms with Gasteiger partial charge in [0.15, 0.2) is 5.65 Å². The quantitative estimate of drug-likeness (QED) is 0.343. The fourth-order valence-corrected chi connectivity index (χ4v) is 4.47. The molecule has 1 saturated heterocycles. The van der Waals surface area contributed by atoms with Crippen molar-refractivity contribution >= 4 is 34.7 Å². The van der Waals surface area contributed by atoms with E-state index in [0.29, 0.717) is 48.1 Å². The number of hydrogen-bond donors (Lipinski definition) is 0. The Balaban J connectivity index is 1.42. The number of hydrogen-bond acceptors (Lipinski definition) is 9. The lowest BCUT2D eigenvalue weighted by Gasteiger charge is -2.33. The smallest absolute Gasteiger partial charge is 0.318 e. The molecule has 1 fully saturated rings. The molecule has 0 spiro atoms. The molecule has 11 nitrogen and oxygen atoms in total. The number of rotatable bonds is 7. The van der Waals surface area contributed by atoms with Crippen molar-refractivity contribution in [3.63, 3.8) is 0 Å². The molecule has 0 radical (unpaired) electrons. The third-order valence-electron chi connectivity index (χ3n) is 6.38. The summed E-state index contributed by atoms with van der Waals surface area (Å²) in [5.41, 5.74) is -0.180. The van der Waals surface area contributed by atoms with Crippen LogP contribution in [-0.2, 0) is 27.9 Å². The predicted octanol–water partition coefficient (Wildman–Crippen LogP) is 2.10. The molecule has 0 saturated carbocycles. The monoisotopic (exact) mass is 516 g/mol. The zero-order valence-electron chi connectivity index (χ0n) is 20.7. The molecule has 3 aromatic rings. The van der Waals surface area contributed by atoms with Crippen LogP contribution in [0.5, 0.6) is 0 Å². The van der Waals surface area contributed by atoms with Crippen LogP contribution in [0.25, 0.3) is 11.2 Å². The number of aromatic nitrogens is 5. The van der Waals surface area contributed by atoms with Gasteiger partial charge in [-0.1, -0.05) is 11.6 Å². The first-order chi connectivity index (χ1) is 17.1. The van der Waals surface area contributed by atoms with E-state index >= 15 is 0 Å². The van der Waals surface area contributed by atoms with Crippen molar-refractivity contribution in [2.24, 2.45) is 12.5 Å². The molecular formula is C24H29ClN6O5. The van der Waals surface area contributed by atoms with Crippen molar-refractivity contribution in [3.05, 3.63) is 56.0 Å². The van der Waals surface area contributed by atoms with E-state index in [1.165, 1.54) is 22.4 Å². The topological polar surface area (TPSA) is 121 Å². The van der Waals surface area contributed by atoms with Crippen LogP contribution in [0, 0.1) is 5.41 Å². The van der Waals surface area contributed by atoms with Gasteiger partial charge < -0.3 is 18.9 Å². The zero-order valence-corrected chi connectivity index (χ0v) is 21.5. The normalized spacial score (nSPS) is 14.9. The van der Waals surface area contributed by atoms with E-state index in [-0.39, 0.29) is 25.2 Å². The number of aryl methyl sites for hydroxylation is 1. The molecule has 0 N–H and O–H groups in total. The van der Waals surface area contributed by atoms with E-state index in [4.69, 9.17) is 21.1 Å². The van der Waals surface area contributed by atoms with E-state index in [9.17, 15) is 14.4 Å². The maximum Gasteiger partial charge on any atom is 0.318 e. The summed E-state index contributed by atoms with van der Waals surface area (Å²) in [7, 11) is 2.90. The average Bonchev–Trinajstić information content (AvgIpc) is 2.88. The number of nitrogens with zero attached hydrogens (tertiary/aromatic N) is 6. The largest absolute Gasteiger partial charge is 0.469 e. The number of pyridine rings is 1. The number of fused-ring (bicyclic) bond motifs is 1. The third-order valence-corrected chi connectivity index (χ3v) is 6.59. The molecule has 1 aliphatic rings. The molecule has 36 heavy (non-hydrogen) atoms. The van der Waals surface area contributed by atoms with Crippen LogP contribution in [0.15, 0.2) is 34.2 Å². The summed E-state index contributed by atoms with van der Waals surface area (Å²) in [4.78, 5) is 52.5. The third kappa shape index (κ3) is 5.12. The Labute approximate surface area is 212 Å². The molecule has 0 amide bonds. The number of carbonyl (C=O) groups excluding carboxylic acids is 1. The number of ether oxygens (including phenoxy) is 2. The molecule has 192 valence electrons. The first kappa shape index (κ1) is 25.8. The van der Waals surface area contributed by atoms with Crippen molar-refractivity contribution in [1.29, 1.82) is 0 Å². The van der Waals surface area contributed by atoms with Gasteiger partial charge in [-0.15, -0.1) is 0 Å². The highest BCUT2D eigenvalue weighted by molar-refractivity contribution is 6.31. The van der Waals surface area contributed by atoms with Crippen molar-refractivity contribution in [2.75, 3.05) is 31.7 Å². The summed E-state index contributed by atoms with van der Waals surface area (Å²) >= 11 is 6.07. The second-order valence-corrected chi connectivity index (χ2v) is 9.95. The fraction of sp³-hybridized carbons (Fsp3) is 0.500. The number of esters is 1. The average molecular weight is 517 g/mol. The highest BCUT2D eigenvalue weighted by atomic mass is 35.5. The lowest BCUT2D eigenvalue weighted by atomic mass is 9.95. The van der Waals surface area contributed by atoms with Crippen LogP contribution >= 0.6 is 11.6 Å². The second kappa shape index (κ2) is 10.4. The highest BCUT2D eigenvalue weighted by Crippen LogP contribution is 2.26. The first-order valence-electron chi connectivity index (χ1n) is 11.6. The standard InChI is InChI=1S/C24H29ClN6O5/c1-24(2,22(34)35-4)14-36-13-15-10-27-23(28-11-15)30-7-5-17(6-8-30)31-19-18(9-16(25)12-26-19)29(3)20(32)21(31)33/h9-12,17H,5-8,13-14H2,1-4H3. The van der Waals surface area contributed by atoms with Gasteiger partial charge in [-0.25, -0.2) is 15.0 Å². The van der Waals surface area contributed by atoms with Crippen molar-refractivity contribution in [3.8, 4) is 0 Å². The Kier molecular flexibility index (Phi) is 7.41. The van der Waals surface area contributed by atoms with Gasteiger partial charge >= 0.3 is 17.1 Å². The van der Waals surface area contributed by atoms with E-state index in [1.807, 2.05) is 4.90 Å². The molecule has 1 aliphatic heterocycles. The second-order valence-electron chi connectivity index (χ2n) is 9.51. The highest BCUT2D eigenvalue weighted by Gasteiger charge is 2.29. The van der Waals surface area contributed by atoms with Crippen LogP contribution < -0.4 is 16.0 Å². The van der Waals surface area contributed by atoms with Gasteiger partial charge in [0, 0.05) is 50.3 Å². The molecule has 0 unspecified atom stereocenters. The molecule has 0 bridgehead atoms. The number of anilines is 1. The zero-order chi connectivity index (χ0) is 26.0. The molecule has 4 heterocycles. The lowest BCUT2D eigenvalue weighted by molar-refractivity contribution is -0.154. The minimum absolute atomic E-state index is 0.176. The van der Waals surface area contributed by atoms with Crippen molar-refractivity contribution in [2.45, 2.75) is 39.3 Å². The van der Waals surface area contributed by atoms with E-state index in [1.54, 1.807) is 39.4 Å². The van der Waals surface area contributed by atoms with E-state index < -0.39 is 16.5 Å². The maximum atomic E-state index is 12.9. The molecule has 0 aromatic carbocycles. The summed E-state index contributed by atoms with van der Waals surface area (Å²) in [6.45, 7) is 5.25. The first-order valence-corrected chi connectivity index (χ1v) is 12.0. The van der Waals surface area contributed by atoms with Crippen molar-refractivity contribution in [1.82, 2.24) is 24.1 Å². The lowest BCUT2D eigenvalue weighted by Crippen LogP contribution is -2.45. The Hall–Kier alpha value is -3.31. The Morgan fingerprint density at radius 1 is 1.11 bits per heavy atom. The molecule has 12 heteroatoms. The molecule has 0 aliphatic carbocycles. The number of methoxy groups -OCH3 is 1. The summed E-state index contributed by atoms with van der Waals surface area (Å²) in [6, 6.07) is 1.47. The number of carbonyl (C=O) groups is 1. The van der Waals surface area contributed by atoms with Crippen LogP contribution in [0.2, 0.25) is 5.02 Å². The maximum absolute atomic E-state index is 12.9. The van der Waals surface area contributed by atoms with Gasteiger partial charge in [-0.2, -0.15) is 0 Å². The van der Waals surface area contributed by atoms with E-state index in [0.717, 1.165) is 5.56 Å². The van der Waals surface area contributed by atoms with Crippen LogP contribution in [0.4, 0.5) is 5.95 Å². The SMILES string of the molecule is COC(=O)C(C)(C)COCc1cnc(N2CCC(n3c(=O)c(=O)n(C)c4cc(Cl)cnc43)CC2)nc1. The summed E-state index contributed by atoms with van der Waals surface area (Å²) in [5.74, 6) is 0.251. The van der Waals surface area contributed by atoms with Gasteiger partial charge in [0.2, 0.25) is 5.95 Å². The Morgan fingerprint density at radius 2 is 1.78 bits per heavy atom. The number of halogens is 1. The fourth-order valence-electron chi connectivity index (χ4n) is 4.31. The van der Waals surface area contributed by atoms with Crippen LogP contribution in [-0.4, -0.2) is 56.9 Å². The van der Waals surface area contributed by atoms with E-state index in [2.05, 4.69) is 15.0 Å². The summed E-state index contributed by atoms with van der Waals surface area (Å²) in [6.07, 6.45) is 6.14. The summed E-state index contributed by atoms with van der Waals surface area (Å²) in [5, 5.41) is 0.399. The van der Waals surface area contributed by atoms with Gasteiger partial charge in [-0.05, 0) is 32.8 Å². The molecule has 0 atom stereocenters. The molecule has 4 rings (SSSR count). The Bertz CT molecular complexity index is 1380. The van der Waals surface area contributed by atoms with Crippen LogP contribution in [0.1, 0.15) is 38.3 Å². The van der Waals surface area contributed by atoms with Crippen molar-refractivity contribution < 1.29 is 14.3 Å². The Morgan fingerprint density at radius 3 is 2.42 bits per heavy atom. The van der Waals surface area contributed by atoms with Gasteiger partial charge in [0.1, 0.15) is 0 Å². The molecular weight excluding hydrogens is 488 g/mol. The van der Waals surface area contributed by atoms with Gasteiger partial charge in [0.25, 0.3) is 0 Å². The minimum Gasteiger partial charge on any atom is -0.469 e. The van der Waals surface area contributed by atoms with Gasteiger partial charge in [0.05, 0.1) is 36.3 Å². The van der Waals surface area contributed by atoms with Gasteiger partial charge in [-0.3, -0.25) is 19.0 Å². The molecule has 3 aromatic heterocycles.